The summed E-state index contributed by atoms with van der Waals surface area (Å²) in [4.78, 5) is 8.99. The summed E-state index contributed by atoms with van der Waals surface area (Å²) in [7, 11) is 0. The Hall–Kier alpha value is -1.27. The van der Waals surface area contributed by atoms with Crippen molar-refractivity contribution in [3.8, 4) is 0 Å². The molecule has 0 radical (unpaired) electrons. The number of pyridine rings is 1. The Morgan fingerprint density at radius 2 is 1.73 bits per heavy atom. The summed E-state index contributed by atoms with van der Waals surface area (Å²) >= 11 is 11.8. The van der Waals surface area contributed by atoms with Crippen LogP contribution in [0.25, 0.3) is 0 Å². The Balaban J connectivity index is 0.00000117. The molecule has 1 saturated carbocycles. The number of hydrazone groups is 1. The summed E-state index contributed by atoms with van der Waals surface area (Å²) in [5.74, 6) is 0. The van der Waals surface area contributed by atoms with Gasteiger partial charge in [-0.2, -0.15) is 5.10 Å². The molecule has 0 unspecified atom stereocenters. The van der Waals surface area contributed by atoms with Crippen LogP contribution in [0.1, 0.15) is 43.4 Å². The molecule has 0 saturated heterocycles. The zero-order chi connectivity index (χ0) is 18.6. The van der Waals surface area contributed by atoms with Gasteiger partial charge >= 0.3 is 28.3 Å². The van der Waals surface area contributed by atoms with Crippen LogP contribution in [0.3, 0.4) is 0 Å². The standard InChI is InChI=1S/C19H22N4S.BrH.Cu/c24-19(21-16-11-5-2-6-12-16)23-22-18(15-9-3-1-4-10-15)17-13-7-8-14-20-17;;/h1,3-4,7-10,13-14,16H,2,5-6,11-12H2,(H2,21,23,24);1H;/q;;+2/p-2/b22-18-;;. The Morgan fingerprint density at radius 3 is 2.38 bits per heavy atom. The first-order valence-electron chi connectivity index (χ1n) is 8.49. The maximum absolute atomic E-state index is 5.35. The number of aliphatic imine (C=N–C) groups is 1. The summed E-state index contributed by atoms with van der Waals surface area (Å²) in [5.41, 5.74) is 5.49. The third kappa shape index (κ3) is 6.80. The van der Waals surface area contributed by atoms with E-state index in [-0.39, 0.29) is 0 Å². The SMILES string of the molecule is [Cu+][Br].[S-]C(=NC1CCCCC1)N/N=C(/c1ccccc1)c1ccccn1. The molecule has 0 bridgehead atoms. The van der Waals surface area contributed by atoms with Gasteiger partial charge < -0.3 is 12.6 Å². The average Bonchev–Trinajstić information content (AvgIpc) is 2.72. The topological polar surface area (TPSA) is 49.6 Å². The third-order valence-corrected chi connectivity index (χ3v) is 4.29. The predicted octanol–water partition coefficient (Wildman–Crippen LogP) is 4.50. The average molecular weight is 481 g/mol. The number of hydrogen-bond donors (Lipinski definition) is 1. The molecule has 1 aliphatic carbocycles. The quantitative estimate of drug-likeness (QED) is 0.230. The fourth-order valence-corrected chi connectivity index (χ4v) is 3.07. The number of nitrogens with zero attached hydrogens (tertiary/aromatic N) is 3. The summed E-state index contributed by atoms with van der Waals surface area (Å²) in [5, 5.41) is 4.95. The molecule has 1 aromatic carbocycles. The van der Waals surface area contributed by atoms with Crippen molar-refractivity contribution in [2.45, 2.75) is 38.1 Å². The molecule has 1 N–H and O–H groups in total. The van der Waals surface area contributed by atoms with E-state index in [0.717, 1.165) is 29.8 Å². The molecule has 7 heteroatoms. The molecule has 1 fully saturated rings. The number of hydrogen-bond acceptors (Lipinski definition) is 4. The van der Waals surface area contributed by atoms with Crippen molar-refractivity contribution >= 4 is 37.6 Å². The summed E-state index contributed by atoms with van der Waals surface area (Å²) in [6, 6.07) is 16.1. The van der Waals surface area contributed by atoms with Crippen molar-refractivity contribution in [3.63, 3.8) is 0 Å². The Bertz CT molecular complexity index is 662. The molecule has 4 nitrogen and oxygen atoms in total. The first-order valence-corrected chi connectivity index (χ1v) is 11.2. The van der Waals surface area contributed by atoms with Crippen LogP contribution in [-0.2, 0) is 26.8 Å². The van der Waals surface area contributed by atoms with Crippen LogP contribution < -0.4 is 5.43 Å². The summed E-state index contributed by atoms with van der Waals surface area (Å²) in [6.07, 6.45) is 7.79. The molecule has 0 amide bonds. The van der Waals surface area contributed by atoms with E-state index in [4.69, 9.17) is 12.6 Å². The van der Waals surface area contributed by atoms with E-state index >= 15 is 0 Å². The molecule has 3 rings (SSSR count). The van der Waals surface area contributed by atoms with Gasteiger partial charge in [0.25, 0.3) is 0 Å². The van der Waals surface area contributed by atoms with Gasteiger partial charge in [-0.1, -0.05) is 55.7 Å². The van der Waals surface area contributed by atoms with Crippen LogP contribution in [0.15, 0.2) is 64.8 Å². The molecule has 0 atom stereocenters. The van der Waals surface area contributed by atoms with Crippen LogP contribution in [-0.4, -0.2) is 21.9 Å². The van der Waals surface area contributed by atoms with Crippen molar-refractivity contribution in [3.05, 3.63) is 66.0 Å². The molecular weight excluding hydrogens is 460 g/mol. The van der Waals surface area contributed by atoms with Gasteiger partial charge in [0.05, 0.1) is 5.69 Å². The molecule has 1 aliphatic rings. The summed E-state index contributed by atoms with van der Waals surface area (Å²) in [6.45, 7) is 0. The molecule has 0 aliphatic heterocycles. The van der Waals surface area contributed by atoms with Gasteiger partial charge in [0, 0.05) is 17.8 Å². The van der Waals surface area contributed by atoms with Crippen LogP contribution in [0, 0.1) is 0 Å². The monoisotopic (exact) mass is 479 g/mol. The van der Waals surface area contributed by atoms with Gasteiger partial charge in [0.1, 0.15) is 5.71 Å². The van der Waals surface area contributed by atoms with Crippen molar-refractivity contribution in [2.24, 2.45) is 10.1 Å². The van der Waals surface area contributed by atoms with E-state index in [1.807, 2.05) is 48.5 Å². The van der Waals surface area contributed by atoms with Gasteiger partial charge in [0.15, 0.2) is 0 Å². The summed E-state index contributed by atoms with van der Waals surface area (Å²) < 4.78 is 0. The maximum atomic E-state index is 5.35. The fraction of sp³-hybridized carbons (Fsp3) is 0.316. The Labute approximate surface area is 175 Å². The fourth-order valence-electron chi connectivity index (χ4n) is 2.88. The number of benzene rings is 1. The van der Waals surface area contributed by atoms with Gasteiger partial charge in [-0.05, 0) is 30.1 Å². The second-order valence-corrected chi connectivity index (χ2v) is 6.27. The van der Waals surface area contributed by atoms with Gasteiger partial charge in [0.2, 0.25) is 0 Å². The zero-order valence-corrected chi connectivity index (χ0v) is 17.6. The van der Waals surface area contributed by atoms with Crippen molar-refractivity contribution in [1.82, 2.24) is 10.4 Å². The molecule has 0 spiro atoms. The van der Waals surface area contributed by atoms with E-state index < -0.39 is 0 Å². The number of halogens is 1. The second kappa shape index (κ2) is 12.2. The van der Waals surface area contributed by atoms with Gasteiger partial charge in [-0.25, -0.2) is 0 Å². The van der Waals surface area contributed by atoms with Crippen molar-refractivity contribution < 1.29 is 14.2 Å². The first kappa shape index (κ1) is 21.0. The third-order valence-electron chi connectivity index (χ3n) is 4.09. The number of nitrogens with one attached hydrogen (secondary N) is 1. The Kier molecular flexibility index (Phi) is 9.85. The van der Waals surface area contributed by atoms with Crippen LogP contribution >= 0.6 is 14.1 Å². The van der Waals surface area contributed by atoms with E-state index in [9.17, 15) is 0 Å². The number of rotatable bonds is 4. The normalized spacial score (nSPS) is 15.8. The van der Waals surface area contributed by atoms with Gasteiger partial charge in [-0.3, -0.25) is 15.4 Å². The molecule has 2 aromatic rings. The number of aromatic nitrogens is 1. The maximum Gasteiger partial charge on any atom is 0.116 e. The molecule has 1 aromatic heterocycles. The van der Waals surface area contributed by atoms with Crippen LogP contribution in [0.4, 0.5) is 0 Å². The van der Waals surface area contributed by atoms with Crippen LogP contribution in [0.5, 0.6) is 0 Å². The van der Waals surface area contributed by atoms with Crippen molar-refractivity contribution in [2.75, 3.05) is 0 Å². The van der Waals surface area contributed by atoms with E-state index in [0.29, 0.717) is 11.2 Å². The van der Waals surface area contributed by atoms with E-state index in [2.05, 4.69) is 48.8 Å². The molecule has 26 heavy (non-hydrogen) atoms. The minimum absolute atomic E-state index is 0.337. The number of amidine groups is 1. The zero-order valence-electron chi connectivity index (χ0n) is 14.2. The molecule has 141 valence electrons. The molecule has 1 heterocycles. The Morgan fingerprint density at radius 1 is 1.04 bits per heavy atom. The molecular formula is C19H21BrCuN4S. The minimum Gasteiger partial charge on any atom is -0.741 e. The first-order chi connectivity index (χ1) is 12.8. The second-order valence-electron chi connectivity index (χ2n) is 5.88. The van der Waals surface area contributed by atoms with Crippen LogP contribution in [0.2, 0.25) is 0 Å². The van der Waals surface area contributed by atoms with Crippen molar-refractivity contribution in [1.29, 1.82) is 0 Å². The van der Waals surface area contributed by atoms with E-state index in [1.54, 1.807) is 6.20 Å². The largest absolute Gasteiger partial charge is 0.741 e. The van der Waals surface area contributed by atoms with E-state index in [1.165, 1.54) is 19.3 Å². The van der Waals surface area contributed by atoms with Gasteiger partial charge in [-0.15, -0.1) is 0 Å². The smallest absolute Gasteiger partial charge is 0.116 e. The minimum atomic E-state index is 0.337. The predicted molar refractivity (Wildman–Crippen MR) is 110 cm³/mol.